The Bertz CT molecular complexity index is 584. The summed E-state index contributed by atoms with van der Waals surface area (Å²) in [5.41, 5.74) is 2.16. The molecule has 1 aromatic carbocycles. The van der Waals surface area contributed by atoms with E-state index in [1.165, 1.54) is 43.4 Å². The highest BCUT2D eigenvalue weighted by molar-refractivity contribution is 7.12. The predicted octanol–water partition coefficient (Wildman–Crippen LogP) is 4.73. The lowest BCUT2D eigenvalue weighted by Gasteiger charge is -2.21. The van der Waals surface area contributed by atoms with Crippen molar-refractivity contribution in [2.24, 2.45) is 5.92 Å². The molecule has 1 aliphatic carbocycles. The Hall–Kier alpha value is -1.61. The van der Waals surface area contributed by atoms with Crippen molar-refractivity contribution in [1.29, 1.82) is 0 Å². The summed E-state index contributed by atoms with van der Waals surface area (Å²) in [7, 11) is 0. The molecule has 1 fully saturated rings. The summed E-state index contributed by atoms with van der Waals surface area (Å²) in [5, 5.41) is 5.13. The first kappa shape index (κ1) is 14.3. The minimum Gasteiger partial charge on any atom is -0.351 e. The Morgan fingerprint density at radius 1 is 1.10 bits per heavy atom. The van der Waals surface area contributed by atoms with E-state index < -0.39 is 0 Å². The highest BCUT2D eigenvalue weighted by Gasteiger charge is 2.17. The second-order valence-corrected chi connectivity index (χ2v) is 6.66. The normalized spacial score (nSPS) is 15.8. The summed E-state index contributed by atoms with van der Waals surface area (Å²) in [6.07, 6.45) is 6.50. The summed E-state index contributed by atoms with van der Waals surface area (Å²) >= 11 is 1.53. The Morgan fingerprint density at radius 3 is 2.62 bits per heavy atom. The molecule has 2 nitrogen and oxygen atoms in total. The van der Waals surface area contributed by atoms with Crippen molar-refractivity contribution in [3.63, 3.8) is 0 Å². The SMILES string of the molecule is O=C(NCC1CCCCC1)c1sccc1-c1ccccc1. The number of thiophene rings is 1. The topological polar surface area (TPSA) is 29.1 Å². The zero-order valence-corrected chi connectivity index (χ0v) is 13.0. The summed E-state index contributed by atoms with van der Waals surface area (Å²) in [6, 6.07) is 12.2. The number of benzene rings is 1. The molecule has 2 aromatic rings. The van der Waals surface area contributed by atoms with Gasteiger partial charge in [0, 0.05) is 12.1 Å². The quantitative estimate of drug-likeness (QED) is 0.869. The number of nitrogens with one attached hydrogen (secondary N) is 1. The van der Waals surface area contributed by atoms with Gasteiger partial charge in [-0.3, -0.25) is 4.79 Å². The predicted molar refractivity (Wildman–Crippen MR) is 88.7 cm³/mol. The second-order valence-electron chi connectivity index (χ2n) is 5.74. The van der Waals surface area contributed by atoms with Gasteiger partial charge in [0.05, 0.1) is 4.88 Å². The molecule has 0 atom stereocenters. The third-order valence-electron chi connectivity index (χ3n) is 4.23. The molecule has 0 radical (unpaired) electrons. The molecule has 3 heteroatoms. The third-order valence-corrected chi connectivity index (χ3v) is 5.15. The summed E-state index contributed by atoms with van der Waals surface area (Å²) < 4.78 is 0. The van der Waals surface area contributed by atoms with Crippen LogP contribution in [0.15, 0.2) is 41.8 Å². The van der Waals surface area contributed by atoms with Crippen molar-refractivity contribution in [3.8, 4) is 11.1 Å². The lowest BCUT2D eigenvalue weighted by atomic mass is 9.89. The van der Waals surface area contributed by atoms with Crippen LogP contribution in [0, 0.1) is 5.92 Å². The van der Waals surface area contributed by atoms with Gasteiger partial charge in [-0.05, 0) is 35.8 Å². The fourth-order valence-corrected chi connectivity index (χ4v) is 3.87. The molecule has 1 N–H and O–H groups in total. The van der Waals surface area contributed by atoms with Crippen LogP contribution in [0.4, 0.5) is 0 Å². The van der Waals surface area contributed by atoms with E-state index >= 15 is 0 Å². The molecule has 1 amide bonds. The van der Waals surface area contributed by atoms with Crippen molar-refractivity contribution in [2.45, 2.75) is 32.1 Å². The van der Waals surface area contributed by atoms with Crippen LogP contribution >= 0.6 is 11.3 Å². The molecular formula is C18H21NOS. The molecule has 1 aliphatic rings. The Balaban J connectivity index is 1.66. The first-order valence-corrected chi connectivity index (χ1v) is 8.63. The van der Waals surface area contributed by atoms with Gasteiger partial charge >= 0.3 is 0 Å². The maximum Gasteiger partial charge on any atom is 0.261 e. The van der Waals surface area contributed by atoms with E-state index in [9.17, 15) is 4.79 Å². The van der Waals surface area contributed by atoms with Gasteiger partial charge in [-0.25, -0.2) is 0 Å². The zero-order chi connectivity index (χ0) is 14.5. The number of amides is 1. The highest BCUT2D eigenvalue weighted by Crippen LogP contribution is 2.28. The Labute approximate surface area is 130 Å². The van der Waals surface area contributed by atoms with Gasteiger partial charge in [0.15, 0.2) is 0 Å². The van der Waals surface area contributed by atoms with E-state index in [4.69, 9.17) is 0 Å². The maximum atomic E-state index is 12.4. The molecule has 110 valence electrons. The molecule has 0 saturated heterocycles. The maximum absolute atomic E-state index is 12.4. The van der Waals surface area contributed by atoms with Crippen LogP contribution in [0.1, 0.15) is 41.8 Å². The molecule has 21 heavy (non-hydrogen) atoms. The second kappa shape index (κ2) is 6.90. The van der Waals surface area contributed by atoms with Crippen LogP contribution < -0.4 is 5.32 Å². The van der Waals surface area contributed by atoms with Gasteiger partial charge < -0.3 is 5.32 Å². The van der Waals surface area contributed by atoms with Crippen molar-refractivity contribution in [3.05, 3.63) is 46.7 Å². The van der Waals surface area contributed by atoms with Crippen LogP contribution in [0.25, 0.3) is 11.1 Å². The average molecular weight is 299 g/mol. The summed E-state index contributed by atoms with van der Waals surface area (Å²) in [6.45, 7) is 0.824. The lowest BCUT2D eigenvalue weighted by Crippen LogP contribution is -2.30. The van der Waals surface area contributed by atoms with Crippen LogP contribution in [0.3, 0.4) is 0 Å². The average Bonchev–Trinajstić information content (AvgIpc) is 3.04. The van der Waals surface area contributed by atoms with E-state index in [2.05, 4.69) is 17.4 Å². The van der Waals surface area contributed by atoms with Gasteiger partial charge in [0.1, 0.15) is 0 Å². The van der Waals surface area contributed by atoms with Crippen LogP contribution in [-0.4, -0.2) is 12.5 Å². The molecule has 3 rings (SSSR count). The van der Waals surface area contributed by atoms with E-state index in [0.29, 0.717) is 5.92 Å². The number of hydrogen-bond acceptors (Lipinski definition) is 2. The standard InChI is InChI=1S/C18H21NOS/c20-18(19-13-14-7-3-1-4-8-14)17-16(11-12-21-17)15-9-5-2-6-10-15/h2,5-6,9-12,14H,1,3-4,7-8,13H2,(H,19,20). The van der Waals surface area contributed by atoms with E-state index in [1.807, 2.05) is 29.6 Å². The lowest BCUT2D eigenvalue weighted by molar-refractivity contribution is 0.0948. The molecule has 0 spiro atoms. The van der Waals surface area contributed by atoms with Crippen LogP contribution in [0.2, 0.25) is 0 Å². The molecule has 1 aromatic heterocycles. The first-order chi connectivity index (χ1) is 10.3. The number of rotatable bonds is 4. The molecule has 1 saturated carbocycles. The summed E-state index contributed by atoms with van der Waals surface area (Å²) in [4.78, 5) is 13.3. The number of carbonyl (C=O) groups excluding carboxylic acids is 1. The third kappa shape index (κ3) is 3.53. The van der Waals surface area contributed by atoms with E-state index in [0.717, 1.165) is 22.5 Å². The van der Waals surface area contributed by atoms with Crippen LogP contribution in [-0.2, 0) is 0 Å². The van der Waals surface area contributed by atoms with Crippen molar-refractivity contribution in [2.75, 3.05) is 6.54 Å². The molecule has 0 unspecified atom stereocenters. The van der Waals surface area contributed by atoms with Crippen molar-refractivity contribution in [1.82, 2.24) is 5.32 Å². The minimum absolute atomic E-state index is 0.0782. The molecular weight excluding hydrogens is 278 g/mol. The smallest absolute Gasteiger partial charge is 0.261 e. The van der Waals surface area contributed by atoms with E-state index in [1.54, 1.807) is 0 Å². The first-order valence-electron chi connectivity index (χ1n) is 7.75. The molecule has 0 bridgehead atoms. The van der Waals surface area contributed by atoms with Gasteiger partial charge in [-0.2, -0.15) is 0 Å². The van der Waals surface area contributed by atoms with Gasteiger partial charge in [-0.1, -0.05) is 49.6 Å². The van der Waals surface area contributed by atoms with Crippen LogP contribution in [0.5, 0.6) is 0 Å². The number of carbonyl (C=O) groups is 1. The summed E-state index contributed by atoms with van der Waals surface area (Å²) in [5.74, 6) is 0.747. The van der Waals surface area contributed by atoms with E-state index in [-0.39, 0.29) is 5.91 Å². The highest BCUT2D eigenvalue weighted by atomic mass is 32.1. The van der Waals surface area contributed by atoms with Crippen molar-refractivity contribution < 1.29 is 4.79 Å². The monoisotopic (exact) mass is 299 g/mol. The largest absolute Gasteiger partial charge is 0.351 e. The zero-order valence-electron chi connectivity index (χ0n) is 12.2. The molecule has 1 heterocycles. The fourth-order valence-electron chi connectivity index (χ4n) is 3.04. The van der Waals surface area contributed by atoms with Gasteiger partial charge in [0.2, 0.25) is 0 Å². The minimum atomic E-state index is 0.0782. The Kier molecular flexibility index (Phi) is 4.71. The van der Waals surface area contributed by atoms with Gasteiger partial charge in [0.25, 0.3) is 5.91 Å². The molecule has 0 aliphatic heterocycles. The fraction of sp³-hybridized carbons (Fsp3) is 0.389. The van der Waals surface area contributed by atoms with Gasteiger partial charge in [-0.15, -0.1) is 11.3 Å². The van der Waals surface area contributed by atoms with Crippen molar-refractivity contribution >= 4 is 17.2 Å². The number of hydrogen-bond donors (Lipinski definition) is 1. The Morgan fingerprint density at radius 2 is 1.86 bits per heavy atom.